The van der Waals surface area contributed by atoms with Gasteiger partial charge in [-0.2, -0.15) is 0 Å². The molecule has 1 fully saturated rings. The van der Waals surface area contributed by atoms with Crippen molar-refractivity contribution in [1.29, 1.82) is 0 Å². The van der Waals surface area contributed by atoms with E-state index in [0.29, 0.717) is 0 Å². The number of rotatable bonds is 6. The molecule has 3 nitrogen and oxygen atoms in total. The second kappa shape index (κ2) is 7.70. The van der Waals surface area contributed by atoms with Crippen LogP contribution in [0.4, 0.5) is 0 Å². The van der Waals surface area contributed by atoms with E-state index < -0.39 is 0 Å². The van der Waals surface area contributed by atoms with E-state index in [1.165, 1.54) is 47.7 Å². The van der Waals surface area contributed by atoms with Gasteiger partial charge in [0.2, 0.25) is 0 Å². The summed E-state index contributed by atoms with van der Waals surface area (Å²) in [6.45, 7) is 8.47. The second-order valence-corrected chi connectivity index (χ2v) is 7.62. The molecule has 0 radical (unpaired) electrons. The van der Waals surface area contributed by atoms with Gasteiger partial charge >= 0.3 is 0 Å². The number of nitrogens with one attached hydrogen (secondary N) is 1. The molecular weight excluding hydrogens is 280 g/mol. The third-order valence-electron chi connectivity index (χ3n) is 4.77. The van der Waals surface area contributed by atoms with E-state index in [0.717, 1.165) is 25.5 Å². The zero-order valence-corrected chi connectivity index (χ0v) is 14.8. The van der Waals surface area contributed by atoms with Crippen molar-refractivity contribution in [3.8, 4) is 0 Å². The van der Waals surface area contributed by atoms with Gasteiger partial charge < -0.3 is 10.1 Å². The molecule has 21 heavy (non-hydrogen) atoms. The van der Waals surface area contributed by atoms with Crippen LogP contribution in [-0.2, 0) is 16.7 Å². The average Bonchev–Trinajstić information content (AvgIpc) is 2.75. The van der Waals surface area contributed by atoms with Crippen LogP contribution >= 0.6 is 11.3 Å². The molecule has 1 N–H and O–H groups in total. The van der Waals surface area contributed by atoms with E-state index in [-0.39, 0.29) is 5.54 Å². The second-order valence-electron chi connectivity index (χ2n) is 6.41. The molecule has 1 aliphatic carbocycles. The third-order valence-corrected chi connectivity index (χ3v) is 5.99. The number of aromatic nitrogens is 1. The highest BCUT2D eigenvalue weighted by atomic mass is 32.1. The largest absolute Gasteiger partial charge is 0.383 e. The first-order valence-electron chi connectivity index (χ1n) is 8.32. The number of methoxy groups -OCH3 is 1. The van der Waals surface area contributed by atoms with Crippen molar-refractivity contribution in [2.24, 2.45) is 5.92 Å². The first-order chi connectivity index (χ1) is 10.1. The summed E-state index contributed by atoms with van der Waals surface area (Å²) < 4.78 is 5.24. The summed E-state index contributed by atoms with van der Waals surface area (Å²) in [5, 5.41) is 5.11. The minimum Gasteiger partial charge on any atom is -0.383 e. The van der Waals surface area contributed by atoms with Gasteiger partial charge in [-0.15, -0.1) is 11.3 Å². The third kappa shape index (κ3) is 4.05. The summed E-state index contributed by atoms with van der Waals surface area (Å²) in [7, 11) is 1.77. The van der Waals surface area contributed by atoms with Gasteiger partial charge in [0.25, 0.3) is 0 Å². The molecule has 4 heteroatoms. The Labute approximate surface area is 133 Å². The van der Waals surface area contributed by atoms with Gasteiger partial charge in [0.1, 0.15) is 5.01 Å². The standard InChI is InChI=1S/C17H30N2OS/c1-5-15-14(3)21-16(19-15)17(18-11-12-20-4)9-6-7-13(2)8-10-17/h13,18H,5-12H2,1-4H3. The number of hydrogen-bond acceptors (Lipinski definition) is 4. The highest BCUT2D eigenvalue weighted by Gasteiger charge is 2.36. The van der Waals surface area contributed by atoms with Gasteiger partial charge in [0, 0.05) is 18.5 Å². The lowest BCUT2D eigenvalue weighted by Crippen LogP contribution is -2.43. The Morgan fingerprint density at radius 1 is 1.38 bits per heavy atom. The predicted octanol–water partition coefficient (Wildman–Crippen LogP) is 4.05. The maximum Gasteiger partial charge on any atom is 0.113 e. The molecule has 1 heterocycles. The molecule has 1 aliphatic rings. The van der Waals surface area contributed by atoms with Crippen LogP contribution in [0.1, 0.15) is 61.5 Å². The molecule has 2 atom stereocenters. The van der Waals surface area contributed by atoms with Crippen molar-refractivity contribution in [3.63, 3.8) is 0 Å². The van der Waals surface area contributed by atoms with Crippen LogP contribution < -0.4 is 5.32 Å². The molecule has 120 valence electrons. The first kappa shape index (κ1) is 16.9. The maximum atomic E-state index is 5.24. The molecule has 0 saturated heterocycles. The summed E-state index contributed by atoms with van der Waals surface area (Å²) in [4.78, 5) is 6.37. The van der Waals surface area contributed by atoms with E-state index in [1.54, 1.807) is 7.11 Å². The molecule has 0 spiro atoms. The normalized spacial score (nSPS) is 26.8. The SMILES string of the molecule is CCc1nc(C2(NCCOC)CCCC(C)CC2)sc1C. The fourth-order valence-electron chi connectivity index (χ4n) is 3.33. The zero-order valence-electron chi connectivity index (χ0n) is 14.0. The molecule has 1 aromatic heterocycles. The molecule has 0 aromatic carbocycles. The lowest BCUT2D eigenvalue weighted by atomic mass is 9.90. The van der Waals surface area contributed by atoms with Crippen molar-refractivity contribution in [3.05, 3.63) is 15.6 Å². The van der Waals surface area contributed by atoms with Crippen molar-refractivity contribution in [1.82, 2.24) is 10.3 Å². The molecule has 1 saturated carbocycles. The van der Waals surface area contributed by atoms with E-state index in [4.69, 9.17) is 9.72 Å². The maximum absolute atomic E-state index is 5.24. The van der Waals surface area contributed by atoms with E-state index >= 15 is 0 Å². The molecule has 0 aliphatic heterocycles. The predicted molar refractivity (Wildman–Crippen MR) is 90.0 cm³/mol. The fourth-order valence-corrected chi connectivity index (χ4v) is 4.56. The molecule has 2 rings (SSSR count). The number of thiazole rings is 1. The summed E-state index contributed by atoms with van der Waals surface area (Å²) in [5.74, 6) is 0.836. The molecular formula is C17H30N2OS. The minimum atomic E-state index is 0.0755. The number of nitrogens with zero attached hydrogens (tertiary/aromatic N) is 1. The zero-order chi connectivity index (χ0) is 15.3. The molecule has 0 bridgehead atoms. The van der Waals surface area contributed by atoms with Crippen molar-refractivity contribution < 1.29 is 4.74 Å². The minimum absolute atomic E-state index is 0.0755. The Hall–Kier alpha value is -0.450. The van der Waals surface area contributed by atoms with E-state index in [9.17, 15) is 0 Å². The van der Waals surface area contributed by atoms with Crippen LogP contribution in [0.3, 0.4) is 0 Å². The monoisotopic (exact) mass is 310 g/mol. The summed E-state index contributed by atoms with van der Waals surface area (Å²) in [6, 6.07) is 0. The lowest BCUT2D eigenvalue weighted by Gasteiger charge is -2.32. The van der Waals surface area contributed by atoms with E-state index in [2.05, 4.69) is 26.1 Å². The van der Waals surface area contributed by atoms with Crippen LogP contribution in [0.15, 0.2) is 0 Å². The first-order valence-corrected chi connectivity index (χ1v) is 9.13. The summed E-state index contributed by atoms with van der Waals surface area (Å²) in [6.07, 6.45) is 7.37. The van der Waals surface area contributed by atoms with Gasteiger partial charge in [0.15, 0.2) is 0 Å². The van der Waals surface area contributed by atoms with Gasteiger partial charge in [0.05, 0.1) is 17.8 Å². The summed E-state index contributed by atoms with van der Waals surface area (Å²) >= 11 is 1.90. The van der Waals surface area contributed by atoms with Gasteiger partial charge in [-0.05, 0) is 38.5 Å². The quantitative estimate of drug-likeness (QED) is 0.636. The number of hydrogen-bond donors (Lipinski definition) is 1. The summed E-state index contributed by atoms with van der Waals surface area (Å²) in [5.41, 5.74) is 1.35. The molecule has 2 unspecified atom stereocenters. The van der Waals surface area contributed by atoms with E-state index in [1.807, 2.05) is 11.3 Å². The Balaban J connectivity index is 2.24. The van der Waals surface area contributed by atoms with Gasteiger partial charge in [-0.1, -0.05) is 26.7 Å². The van der Waals surface area contributed by atoms with Crippen LogP contribution in [0, 0.1) is 12.8 Å². The fraction of sp³-hybridized carbons (Fsp3) is 0.824. The van der Waals surface area contributed by atoms with Gasteiger partial charge in [-0.3, -0.25) is 0 Å². The Morgan fingerprint density at radius 3 is 2.86 bits per heavy atom. The van der Waals surface area contributed by atoms with Crippen LogP contribution in [-0.4, -0.2) is 25.2 Å². The highest BCUT2D eigenvalue weighted by molar-refractivity contribution is 7.11. The van der Waals surface area contributed by atoms with Crippen molar-refractivity contribution in [2.45, 2.75) is 64.8 Å². The van der Waals surface area contributed by atoms with Gasteiger partial charge in [-0.25, -0.2) is 4.98 Å². The Kier molecular flexibility index (Phi) is 6.20. The lowest BCUT2D eigenvalue weighted by molar-refractivity contribution is 0.177. The number of aryl methyl sites for hydroxylation is 2. The molecule has 1 aromatic rings. The highest BCUT2D eigenvalue weighted by Crippen LogP contribution is 2.40. The van der Waals surface area contributed by atoms with Crippen LogP contribution in [0.2, 0.25) is 0 Å². The van der Waals surface area contributed by atoms with Crippen LogP contribution in [0.25, 0.3) is 0 Å². The van der Waals surface area contributed by atoms with Crippen LogP contribution in [0.5, 0.6) is 0 Å². The van der Waals surface area contributed by atoms with Crippen molar-refractivity contribution in [2.75, 3.05) is 20.3 Å². The Morgan fingerprint density at radius 2 is 2.19 bits per heavy atom. The van der Waals surface area contributed by atoms with Crippen molar-refractivity contribution >= 4 is 11.3 Å². The Bertz CT molecular complexity index is 446. The smallest absolute Gasteiger partial charge is 0.113 e. The molecule has 0 amide bonds. The number of ether oxygens (including phenoxy) is 1. The topological polar surface area (TPSA) is 34.2 Å². The average molecular weight is 311 g/mol.